The molecule has 0 heterocycles. The van der Waals surface area contributed by atoms with Crippen LogP contribution >= 0.6 is 12.2 Å². The second kappa shape index (κ2) is 7.89. The van der Waals surface area contributed by atoms with Gasteiger partial charge in [-0.05, 0) is 55.7 Å². The molecule has 0 spiro atoms. The van der Waals surface area contributed by atoms with E-state index in [1.54, 1.807) is 12.1 Å². The number of aryl methyl sites for hydroxylation is 1. The van der Waals surface area contributed by atoms with Gasteiger partial charge in [0.1, 0.15) is 0 Å². The van der Waals surface area contributed by atoms with Crippen molar-refractivity contribution in [2.75, 3.05) is 26.0 Å². The van der Waals surface area contributed by atoms with E-state index in [0.717, 1.165) is 36.2 Å². The number of hydrogen-bond acceptors (Lipinski definition) is 3. The standard InChI is InChI=1S/C15H25N3O2S2/c1-6-7-8-16-15(21)17-14-10-13(9-11(2)12(14)3)22(19,20)18(4)5/h9-10H,6-8H2,1-5H3,(H2,16,17,21). The number of nitrogens with one attached hydrogen (secondary N) is 2. The van der Waals surface area contributed by atoms with Gasteiger partial charge in [-0.1, -0.05) is 13.3 Å². The lowest BCUT2D eigenvalue weighted by molar-refractivity contribution is 0.520. The zero-order valence-electron chi connectivity index (χ0n) is 13.9. The van der Waals surface area contributed by atoms with Gasteiger partial charge in [0.05, 0.1) is 4.90 Å². The minimum absolute atomic E-state index is 0.263. The van der Waals surface area contributed by atoms with Crippen LogP contribution in [0.1, 0.15) is 30.9 Å². The first kappa shape index (κ1) is 18.9. The maximum Gasteiger partial charge on any atom is 0.242 e. The van der Waals surface area contributed by atoms with Gasteiger partial charge >= 0.3 is 0 Å². The number of sulfonamides is 1. The predicted octanol–water partition coefficient (Wildman–Crippen LogP) is 2.64. The molecule has 0 atom stereocenters. The zero-order valence-corrected chi connectivity index (χ0v) is 15.5. The zero-order chi connectivity index (χ0) is 16.9. The van der Waals surface area contributed by atoms with E-state index in [9.17, 15) is 8.42 Å². The van der Waals surface area contributed by atoms with E-state index < -0.39 is 10.0 Å². The van der Waals surface area contributed by atoms with E-state index in [-0.39, 0.29) is 4.90 Å². The fourth-order valence-electron chi connectivity index (χ4n) is 1.86. The molecule has 22 heavy (non-hydrogen) atoms. The van der Waals surface area contributed by atoms with Gasteiger partial charge < -0.3 is 10.6 Å². The van der Waals surface area contributed by atoms with Crippen LogP contribution in [0, 0.1) is 13.8 Å². The molecular formula is C15H25N3O2S2. The molecule has 1 aromatic rings. The highest BCUT2D eigenvalue weighted by molar-refractivity contribution is 7.89. The Labute approximate surface area is 139 Å². The highest BCUT2D eigenvalue weighted by Crippen LogP contribution is 2.25. The monoisotopic (exact) mass is 343 g/mol. The number of nitrogens with zero attached hydrogens (tertiary/aromatic N) is 1. The van der Waals surface area contributed by atoms with E-state index in [1.165, 1.54) is 18.4 Å². The topological polar surface area (TPSA) is 61.4 Å². The molecule has 0 saturated heterocycles. The largest absolute Gasteiger partial charge is 0.362 e. The van der Waals surface area contributed by atoms with E-state index in [4.69, 9.17) is 12.2 Å². The molecule has 5 nitrogen and oxygen atoms in total. The molecule has 7 heteroatoms. The highest BCUT2D eigenvalue weighted by atomic mass is 32.2. The minimum Gasteiger partial charge on any atom is -0.362 e. The Morgan fingerprint density at radius 3 is 2.45 bits per heavy atom. The summed E-state index contributed by atoms with van der Waals surface area (Å²) in [6, 6.07) is 3.31. The van der Waals surface area contributed by atoms with Crippen LogP contribution in [0.15, 0.2) is 17.0 Å². The quantitative estimate of drug-likeness (QED) is 0.614. The van der Waals surface area contributed by atoms with Crippen LogP contribution in [0.3, 0.4) is 0 Å². The van der Waals surface area contributed by atoms with Crippen molar-refractivity contribution in [1.82, 2.24) is 9.62 Å². The summed E-state index contributed by atoms with van der Waals surface area (Å²) in [5, 5.41) is 6.73. The molecule has 0 aliphatic carbocycles. The summed E-state index contributed by atoms with van der Waals surface area (Å²) in [5.74, 6) is 0. The van der Waals surface area contributed by atoms with Gasteiger partial charge in [-0.15, -0.1) is 0 Å². The van der Waals surface area contributed by atoms with Crippen LogP contribution in [-0.2, 0) is 10.0 Å². The maximum atomic E-state index is 12.3. The van der Waals surface area contributed by atoms with Gasteiger partial charge in [-0.3, -0.25) is 0 Å². The second-order valence-electron chi connectivity index (χ2n) is 5.43. The molecule has 0 aromatic heterocycles. The van der Waals surface area contributed by atoms with Crippen molar-refractivity contribution in [3.05, 3.63) is 23.3 Å². The minimum atomic E-state index is -3.47. The summed E-state index contributed by atoms with van der Waals surface area (Å²) < 4.78 is 25.8. The Bertz CT molecular complexity index is 640. The average Bonchev–Trinajstić information content (AvgIpc) is 2.43. The summed E-state index contributed by atoms with van der Waals surface area (Å²) in [6.45, 7) is 6.75. The first-order chi connectivity index (χ1) is 10.2. The summed E-state index contributed by atoms with van der Waals surface area (Å²) in [7, 11) is -0.421. The molecule has 0 saturated carbocycles. The Hall–Kier alpha value is -1.18. The predicted molar refractivity (Wildman–Crippen MR) is 95.9 cm³/mol. The third-order valence-electron chi connectivity index (χ3n) is 3.48. The Morgan fingerprint density at radius 2 is 1.91 bits per heavy atom. The van der Waals surface area contributed by atoms with Crippen molar-refractivity contribution in [1.29, 1.82) is 0 Å². The van der Waals surface area contributed by atoms with Crippen molar-refractivity contribution < 1.29 is 8.42 Å². The molecule has 2 N–H and O–H groups in total. The van der Waals surface area contributed by atoms with Crippen LogP contribution in [-0.4, -0.2) is 38.5 Å². The number of unbranched alkanes of at least 4 members (excludes halogenated alkanes) is 1. The fraction of sp³-hybridized carbons (Fsp3) is 0.533. The number of anilines is 1. The van der Waals surface area contributed by atoms with Crippen LogP contribution in [0.4, 0.5) is 5.69 Å². The molecule has 0 aliphatic rings. The van der Waals surface area contributed by atoms with Gasteiger partial charge in [0, 0.05) is 26.3 Å². The van der Waals surface area contributed by atoms with Crippen molar-refractivity contribution in [3.8, 4) is 0 Å². The SMILES string of the molecule is CCCCNC(=S)Nc1cc(S(=O)(=O)N(C)C)cc(C)c1C. The Balaban J connectivity index is 3.05. The van der Waals surface area contributed by atoms with Gasteiger partial charge in [0.15, 0.2) is 5.11 Å². The summed E-state index contributed by atoms with van der Waals surface area (Å²) >= 11 is 5.26. The molecule has 1 aromatic carbocycles. The summed E-state index contributed by atoms with van der Waals surface area (Å²) in [4.78, 5) is 0.263. The van der Waals surface area contributed by atoms with Gasteiger partial charge in [-0.2, -0.15) is 0 Å². The molecule has 0 fully saturated rings. The van der Waals surface area contributed by atoms with Gasteiger partial charge in [0.2, 0.25) is 10.0 Å². The highest BCUT2D eigenvalue weighted by Gasteiger charge is 2.19. The van der Waals surface area contributed by atoms with Crippen molar-refractivity contribution in [2.45, 2.75) is 38.5 Å². The summed E-state index contributed by atoms with van der Waals surface area (Å²) in [5.41, 5.74) is 2.61. The van der Waals surface area contributed by atoms with E-state index in [0.29, 0.717) is 5.11 Å². The first-order valence-electron chi connectivity index (χ1n) is 7.28. The lowest BCUT2D eigenvalue weighted by atomic mass is 10.1. The smallest absolute Gasteiger partial charge is 0.242 e. The lowest BCUT2D eigenvalue weighted by Crippen LogP contribution is -2.29. The van der Waals surface area contributed by atoms with Crippen molar-refractivity contribution in [2.24, 2.45) is 0 Å². The molecule has 0 unspecified atom stereocenters. The van der Waals surface area contributed by atoms with Gasteiger partial charge in [-0.25, -0.2) is 12.7 Å². The second-order valence-corrected chi connectivity index (χ2v) is 7.99. The maximum absolute atomic E-state index is 12.3. The number of hydrogen-bond donors (Lipinski definition) is 2. The number of benzene rings is 1. The first-order valence-corrected chi connectivity index (χ1v) is 9.13. The van der Waals surface area contributed by atoms with E-state index in [1.807, 2.05) is 13.8 Å². The van der Waals surface area contributed by atoms with E-state index in [2.05, 4.69) is 17.6 Å². The lowest BCUT2D eigenvalue weighted by Gasteiger charge is -2.17. The van der Waals surface area contributed by atoms with Crippen molar-refractivity contribution >= 4 is 33.0 Å². The third kappa shape index (κ3) is 4.66. The van der Waals surface area contributed by atoms with Gasteiger partial charge in [0.25, 0.3) is 0 Å². The number of rotatable bonds is 6. The van der Waals surface area contributed by atoms with Crippen LogP contribution in [0.5, 0.6) is 0 Å². The Kier molecular flexibility index (Phi) is 6.77. The third-order valence-corrected chi connectivity index (χ3v) is 5.52. The van der Waals surface area contributed by atoms with Crippen LogP contribution in [0.2, 0.25) is 0 Å². The molecule has 1 rings (SSSR count). The molecule has 0 radical (unpaired) electrons. The van der Waals surface area contributed by atoms with Crippen LogP contribution in [0.25, 0.3) is 0 Å². The van der Waals surface area contributed by atoms with Crippen LogP contribution < -0.4 is 10.6 Å². The van der Waals surface area contributed by atoms with E-state index >= 15 is 0 Å². The molecule has 0 aliphatic heterocycles. The van der Waals surface area contributed by atoms with Crippen molar-refractivity contribution in [3.63, 3.8) is 0 Å². The summed E-state index contributed by atoms with van der Waals surface area (Å²) in [6.07, 6.45) is 2.12. The molecule has 124 valence electrons. The molecule has 0 bridgehead atoms. The normalized spacial score (nSPS) is 11.5. The molecular weight excluding hydrogens is 318 g/mol. The fourth-order valence-corrected chi connectivity index (χ4v) is 3.09. The molecule has 0 amide bonds. The number of thiocarbonyl (C=S) groups is 1. The average molecular weight is 344 g/mol. The Morgan fingerprint density at radius 1 is 1.27 bits per heavy atom.